The van der Waals surface area contributed by atoms with Crippen molar-refractivity contribution in [2.75, 3.05) is 31.0 Å². The second-order valence-electron chi connectivity index (χ2n) is 6.65. The van der Waals surface area contributed by atoms with E-state index < -0.39 is 0 Å². The number of nitrogens with zero attached hydrogens (tertiary/aromatic N) is 3. The Hall–Kier alpha value is -3.61. The number of para-hydroxylation sites is 1. The lowest BCUT2D eigenvalue weighted by atomic mass is 10.0. The molecule has 1 amide bonds. The highest BCUT2D eigenvalue weighted by atomic mass is 16.5. The predicted octanol–water partition coefficient (Wildman–Crippen LogP) is 3.83. The second-order valence-corrected chi connectivity index (χ2v) is 6.65. The molecule has 1 aromatic heterocycles. The zero-order valence-corrected chi connectivity index (χ0v) is 16.4. The van der Waals surface area contributed by atoms with Crippen molar-refractivity contribution in [1.29, 1.82) is 0 Å². The topological polar surface area (TPSA) is 76.6 Å². The van der Waals surface area contributed by atoms with Gasteiger partial charge in [0.05, 0.1) is 14.2 Å². The summed E-state index contributed by atoms with van der Waals surface area (Å²) in [4.78, 5) is 23.7. The van der Waals surface area contributed by atoms with Gasteiger partial charge in [0.1, 0.15) is 5.69 Å². The van der Waals surface area contributed by atoms with Gasteiger partial charge in [-0.05, 0) is 42.7 Å². The molecule has 1 aliphatic heterocycles. The van der Waals surface area contributed by atoms with E-state index in [1.165, 1.54) is 5.56 Å². The lowest BCUT2D eigenvalue weighted by molar-refractivity contribution is 0.102. The van der Waals surface area contributed by atoms with E-state index in [-0.39, 0.29) is 5.91 Å². The summed E-state index contributed by atoms with van der Waals surface area (Å²) in [7, 11) is 3.12. The molecular formula is C22H22N4O3. The van der Waals surface area contributed by atoms with Crippen molar-refractivity contribution < 1.29 is 14.3 Å². The molecule has 3 aromatic rings. The summed E-state index contributed by atoms with van der Waals surface area (Å²) in [5.74, 6) is 1.35. The molecule has 0 aliphatic carbocycles. The molecule has 2 heterocycles. The Bertz CT molecular complexity index is 1040. The number of anilines is 3. The van der Waals surface area contributed by atoms with Crippen molar-refractivity contribution >= 4 is 23.2 Å². The molecule has 0 radical (unpaired) electrons. The second kappa shape index (κ2) is 8.18. The molecular weight excluding hydrogens is 368 g/mol. The molecule has 0 unspecified atom stereocenters. The number of rotatable bonds is 5. The number of ether oxygens (including phenoxy) is 2. The molecule has 148 valence electrons. The molecule has 2 aromatic carbocycles. The summed E-state index contributed by atoms with van der Waals surface area (Å²) in [5.41, 5.74) is 3.25. The highest BCUT2D eigenvalue weighted by Gasteiger charge is 2.21. The van der Waals surface area contributed by atoms with E-state index in [1.54, 1.807) is 44.7 Å². The van der Waals surface area contributed by atoms with E-state index >= 15 is 0 Å². The molecule has 1 aliphatic rings. The fourth-order valence-electron chi connectivity index (χ4n) is 3.46. The number of fused-ring (bicyclic) bond motifs is 1. The average Bonchev–Trinajstić information content (AvgIpc) is 2.78. The largest absolute Gasteiger partial charge is 0.493 e. The minimum absolute atomic E-state index is 0.299. The molecule has 0 bridgehead atoms. The molecule has 0 saturated carbocycles. The minimum Gasteiger partial charge on any atom is -0.493 e. The number of methoxy groups -OCH3 is 2. The molecule has 0 saturated heterocycles. The van der Waals surface area contributed by atoms with Crippen molar-refractivity contribution in [2.45, 2.75) is 12.8 Å². The van der Waals surface area contributed by atoms with Crippen LogP contribution in [0.4, 0.5) is 17.3 Å². The normalized spacial score (nSPS) is 12.8. The van der Waals surface area contributed by atoms with Crippen LogP contribution in [0.5, 0.6) is 11.5 Å². The number of nitrogens with one attached hydrogen (secondary N) is 1. The van der Waals surface area contributed by atoms with Gasteiger partial charge in [0.15, 0.2) is 11.5 Å². The molecule has 7 nitrogen and oxygen atoms in total. The lowest BCUT2D eigenvalue weighted by Gasteiger charge is -2.29. The maximum atomic E-state index is 12.8. The van der Waals surface area contributed by atoms with Gasteiger partial charge in [-0.15, -0.1) is 0 Å². The molecule has 0 atom stereocenters. The summed E-state index contributed by atoms with van der Waals surface area (Å²) < 4.78 is 10.5. The molecule has 0 fully saturated rings. The summed E-state index contributed by atoms with van der Waals surface area (Å²) in [6, 6.07) is 15.0. The predicted molar refractivity (Wildman–Crippen MR) is 111 cm³/mol. The molecule has 0 spiro atoms. The van der Waals surface area contributed by atoms with Crippen molar-refractivity contribution in [1.82, 2.24) is 9.97 Å². The van der Waals surface area contributed by atoms with Crippen LogP contribution < -0.4 is 19.7 Å². The molecule has 7 heteroatoms. The van der Waals surface area contributed by atoms with Crippen LogP contribution in [0.3, 0.4) is 0 Å². The third kappa shape index (κ3) is 3.85. The van der Waals surface area contributed by atoms with Crippen molar-refractivity contribution in [3.8, 4) is 11.5 Å². The van der Waals surface area contributed by atoms with Gasteiger partial charge in [0, 0.05) is 30.2 Å². The first-order chi connectivity index (χ1) is 14.2. The maximum absolute atomic E-state index is 12.8. The van der Waals surface area contributed by atoms with Crippen molar-refractivity contribution in [3.05, 3.63) is 66.0 Å². The Labute approximate surface area is 169 Å². The first-order valence-electron chi connectivity index (χ1n) is 9.41. The first-order valence-corrected chi connectivity index (χ1v) is 9.41. The zero-order chi connectivity index (χ0) is 20.2. The highest BCUT2D eigenvalue weighted by molar-refractivity contribution is 6.03. The number of amides is 1. The number of carbonyl (C=O) groups excluding carboxylic acids is 1. The van der Waals surface area contributed by atoms with E-state index in [4.69, 9.17) is 9.47 Å². The lowest BCUT2D eigenvalue weighted by Crippen LogP contribution is -2.27. The maximum Gasteiger partial charge on any atom is 0.274 e. The van der Waals surface area contributed by atoms with E-state index in [9.17, 15) is 4.79 Å². The average molecular weight is 390 g/mol. The third-order valence-corrected chi connectivity index (χ3v) is 4.87. The van der Waals surface area contributed by atoms with E-state index in [1.807, 2.05) is 12.1 Å². The van der Waals surface area contributed by atoms with Crippen molar-refractivity contribution in [3.63, 3.8) is 0 Å². The van der Waals surface area contributed by atoms with Crippen LogP contribution >= 0.6 is 0 Å². The number of aryl methyl sites for hydroxylation is 1. The first kappa shape index (κ1) is 18.7. The summed E-state index contributed by atoms with van der Waals surface area (Å²) >= 11 is 0. The van der Waals surface area contributed by atoms with Crippen LogP contribution in [-0.2, 0) is 6.42 Å². The standard InChI is InChI=1S/C22H22N4O3/c1-28-19-10-9-16(14-20(19)29-2)24-21(27)17-11-12-23-22(25-17)26-13-5-7-15-6-3-4-8-18(15)26/h3-4,6,8-12,14H,5,7,13H2,1-2H3,(H,24,27). The van der Waals surface area contributed by atoms with Crippen molar-refractivity contribution in [2.24, 2.45) is 0 Å². The van der Waals surface area contributed by atoms with Crippen LogP contribution in [0, 0.1) is 0 Å². The van der Waals surface area contributed by atoms with E-state index in [2.05, 4.69) is 32.3 Å². The Balaban J connectivity index is 1.57. The van der Waals surface area contributed by atoms with Crippen LogP contribution in [0.1, 0.15) is 22.5 Å². The SMILES string of the molecule is COc1ccc(NC(=O)c2ccnc(N3CCCc4ccccc43)n2)cc1OC. The summed E-state index contributed by atoms with van der Waals surface area (Å²) in [6.07, 6.45) is 3.66. The van der Waals surface area contributed by atoms with Crippen LogP contribution in [0.2, 0.25) is 0 Å². The Morgan fingerprint density at radius 3 is 2.72 bits per heavy atom. The molecule has 29 heavy (non-hydrogen) atoms. The Morgan fingerprint density at radius 2 is 1.90 bits per heavy atom. The number of hydrogen-bond donors (Lipinski definition) is 1. The van der Waals surface area contributed by atoms with Gasteiger partial charge in [-0.3, -0.25) is 4.79 Å². The fourth-order valence-corrected chi connectivity index (χ4v) is 3.46. The molecule has 1 N–H and O–H groups in total. The minimum atomic E-state index is -0.314. The number of hydrogen-bond acceptors (Lipinski definition) is 6. The Morgan fingerprint density at radius 1 is 1.07 bits per heavy atom. The van der Waals surface area contributed by atoms with Crippen LogP contribution in [0.15, 0.2) is 54.7 Å². The van der Waals surface area contributed by atoms with E-state index in [0.29, 0.717) is 28.8 Å². The van der Waals surface area contributed by atoms with Gasteiger partial charge in [-0.2, -0.15) is 0 Å². The summed E-state index contributed by atoms with van der Waals surface area (Å²) in [6.45, 7) is 0.817. The summed E-state index contributed by atoms with van der Waals surface area (Å²) in [5, 5.41) is 2.85. The number of aromatic nitrogens is 2. The van der Waals surface area contributed by atoms with Crippen LogP contribution in [-0.4, -0.2) is 36.6 Å². The van der Waals surface area contributed by atoms with Gasteiger partial charge in [-0.25, -0.2) is 9.97 Å². The number of carbonyl (C=O) groups is 1. The molecule has 4 rings (SSSR count). The Kier molecular flexibility index (Phi) is 5.29. The van der Waals surface area contributed by atoms with Gasteiger partial charge < -0.3 is 19.7 Å². The van der Waals surface area contributed by atoms with Crippen LogP contribution in [0.25, 0.3) is 0 Å². The van der Waals surface area contributed by atoms with Gasteiger partial charge in [0.25, 0.3) is 5.91 Å². The van der Waals surface area contributed by atoms with Gasteiger partial charge in [0.2, 0.25) is 5.95 Å². The highest BCUT2D eigenvalue weighted by Crippen LogP contribution is 2.32. The number of benzene rings is 2. The smallest absolute Gasteiger partial charge is 0.274 e. The fraction of sp³-hybridized carbons (Fsp3) is 0.227. The van der Waals surface area contributed by atoms with Gasteiger partial charge in [-0.1, -0.05) is 18.2 Å². The zero-order valence-electron chi connectivity index (χ0n) is 16.4. The van der Waals surface area contributed by atoms with E-state index in [0.717, 1.165) is 25.1 Å². The third-order valence-electron chi connectivity index (χ3n) is 4.87. The quantitative estimate of drug-likeness (QED) is 0.714. The van der Waals surface area contributed by atoms with Gasteiger partial charge >= 0.3 is 0 Å². The monoisotopic (exact) mass is 390 g/mol.